The molecule has 2 unspecified atom stereocenters. The summed E-state index contributed by atoms with van der Waals surface area (Å²) in [4.78, 5) is 12.7. The van der Waals surface area contributed by atoms with E-state index >= 15 is 0 Å². The van der Waals surface area contributed by atoms with Crippen LogP contribution >= 0.6 is 23.2 Å². The number of ether oxygens (including phenoxy) is 1. The predicted octanol–water partition coefficient (Wildman–Crippen LogP) is 4.46. The van der Waals surface area contributed by atoms with E-state index in [9.17, 15) is 9.00 Å². The van der Waals surface area contributed by atoms with E-state index in [0.29, 0.717) is 33.7 Å². The van der Waals surface area contributed by atoms with Crippen molar-refractivity contribution in [2.24, 2.45) is 0 Å². The second kappa shape index (κ2) is 9.00. The van der Waals surface area contributed by atoms with Crippen molar-refractivity contribution in [3.8, 4) is 0 Å². The van der Waals surface area contributed by atoms with Gasteiger partial charge in [-0.15, -0.1) is 0 Å². The Kier molecular flexibility index (Phi) is 6.70. The van der Waals surface area contributed by atoms with Gasteiger partial charge in [-0.05, 0) is 42.7 Å². The molecule has 2 aromatic rings. The van der Waals surface area contributed by atoms with Crippen LogP contribution in [0.4, 0.5) is 5.69 Å². The van der Waals surface area contributed by atoms with Gasteiger partial charge in [0.2, 0.25) is 0 Å². The summed E-state index contributed by atoms with van der Waals surface area (Å²) in [7, 11) is -1.12. The van der Waals surface area contributed by atoms with Gasteiger partial charge in [0.05, 0.1) is 20.8 Å². The van der Waals surface area contributed by atoms with Gasteiger partial charge in [0.15, 0.2) is 0 Å². The number of para-hydroxylation sites is 1. The summed E-state index contributed by atoms with van der Waals surface area (Å²) in [5, 5.41) is 3.72. The summed E-state index contributed by atoms with van der Waals surface area (Å²) < 4.78 is 18.0. The molecule has 4 nitrogen and oxygen atoms in total. The summed E-state index contributed by atoms with van der Waals surface area (Å²) >= 11 is 11.8. The van der Waals surface area contributed by atoms with Gasteiger partial charge in [-0.1, -0.05) is 41.4 Å². The maximum atomic E-state index is 12.3. The molecule has 1 aliphatic rings. The van der Waals surface area contributed by atoms with Gasteiger partial charge in [0.25, 0.3) is 5.91 Å². The number of fused-ring (bicyclic) bond motifs is 1. The molecule has 0 saturated heterocycles. The summed E-state index contributed by atoms with van der Waals surface area (Å²) in [5.74, 6) is 0.407. The summed E-state index contributed by atoms with van der Waals surface area (Å²) in [6.45, 7) is 0.457. The lowest BCUT2D eigenvalue weighted by molar-refractivity contribution is -0.127. The molecule has 1 heterocycles. The van der Waals surface area contributed by atoms with Crippen LogP contribution in [0.1, 0.15) is 18.4 Å². The van der Waals surface area contributed by atoms with E-state index < -0.39 is 16.9 Å². The first kappa shape index (κ1) is 19.4. The van der Waals surface area contributed by atoms with Crippen molar-refractivity contribution in [2.75, 3.05) is 17.7 Å². The molecule has 0 bridgehead atoms. The Morgan fingerprint density at radius 2 is 1.92 bits per heavy atom. The van der Waals surface area contributed by atoms with E-state index in [2.05, 4.69) is 5.32 Å². The minimum absolute atomic E-state index is 0.108. The van der Waals surface area contributed by atoms with E-state index in [1.54, 1.807) is 18.2 Å². The van der Waals surface area contributed by atoms with Crippen molar-refractivity contribution in [1.82, 2.24) is 0 Å². The number of halogens is 2. The quantitative estimate of drug-likeness (QED) is 0.684. The van der Waals surface area contributed by atoms with Gasteiger partial charge in [0.1, 0.15) is 6.10 Å². The smallest absolute Gasteiger partial charge is 0.253 e. The maximum absolute atomic E-state index is 12.3. The zero-order chi connectivity index (χ0) is 18.5. The fourth-order valence-corrected chi connectivity index (χ4v) is 4.29. The highest BCUT2D eigenvalue weighted by molar-refractivity contribution is 7.85. The highest BCUT2D eigenvalue weighted by Crippen LogP contribution is 2.25. The van der Waals surface area contributed by atoms with Gasteiger partial charge in [-0.2, -0.15) is 0 Å². The average molecular weight is 412 g/mol. The van der Waals surface area contributed by atoms with E-state index in [1.165, 1.54) is 0 Å². The second-order valence-electron chi connectivity index (χ2n) is 6.04. The molecule has 1 N–H and O–H groups in total. The summed E-state index contributed by atoms with van der Waals surface area (Å²) in [6, 6.07) is 12.7. The minimum atomic E-state index is -1.12. The standard InChI is InChI=1S/C19H19Cl2NO3S/c20-15-8-7-14(12-16(15)21)26(24)10-4-3-9-25-18-11-13-5-1-2-6-17(13)22-19(18)23/h1-2,5-8,12,18H,3-4,9-11H2,(H,22,23). The molecule has 2 aromatic carbocycles. The van der Waals surface area contributed by atoms with Gasteiger partial charge in [0, 0.05) is 29.4 Å². The van der Waals surface area contributed by atoms with Gasteiger partial charge < -0.3 is 10.1 Å². The summed E-state index contributed by atoms with van der Waals surface area (Å²) in [6.07, 6.45) is 1.58. The molecule has 0 fully saturated rings. The molecule has 0 aromatic heterocycles. The predicted molar refractivity (Wildman–Crippen MR) is 105 cm³/mol. The highest BCUT2D eigenvalue weighted by Gasteiger charge is 2.26. The van der Waals surface area contributed by atoms with Crippen LogP contribution in [0.3, 0.4) is 0 Å². The molecular formula is C19H19Cl2NO3S. The van der Waals surface area contributed by atoms with Crippen LogP contribution in [0, 0.1) is 0 Å². The lowest BCUT2D eigenvalue weighted by Gasteiger charge is -2.24. The first-order chi connectivity index (χ1) is 12.5. The maximum Gasteiger partial charge on any atom is 0.253 e. The molecule has 26 heavy (non-hydrogen) atoms. The van der Waals surface area contributed by atoms with E-state index in [-0.39, 0.29) is 5.91 Å². The van der Waals surface area contributed by atoms with Crippen LogP contribution in [0.15, 0.2) is 47.4 Å². The zero-order valence-electron chi connectivity index (χ0n) is 14.0. The Morgan fingerprint density at radius 3 is 2.73 bits per heavy atom. The third-order valence-electron chi connectivity index (χ3n) is 4.17. The number of hydrogen-bond donors (Lipinski definition) is 1. The fraction of sp³-hybridized carbons (Fsp3) is 0.316. The average Bonchev–Trinajstić information content (AvgIpc) is 2.63. The number of anilines is 1. The van der Waals surface area contributed by atoms with Crippen LogP contribution < -0.4 is 5.32 Å². The van der Waals surface area contributed by atoms with Crippen LogP contribution in [-0.2, 0) is 26.8 Å². The number of amides is 1. The number of carbonyl (C=O) groups is 1. The second-order valence-corrected chi connectivity index (χ2v) is 8.43. The lowest BCUT2D eigenvalue weighted by Crippen LogP contribution is -2.36. The third-order valence-corrected chi connectivity index (χ3v) is 6.35. The monoisotopic (exact) mass is 411 g/mol. The van der Waals surface area contributed by atoms with Crippen molar-refractivity contribution in [3.05, 3.63) is 58.1 Å². The van der Waals surface area contributed by atoms with E-state index in [0.717, 1.165) is 24.1 Å². The fourth-order valence-electron chi connectivity index (χ4n) is 2.76. The lowest BCUT2D eigenvalue weighted by atomic mass is 10.0. The van der Waals surface area contributed by atoms with Gasteiger partial charge in [-0.3, -0.25) is 9.00 Å². The molecule has 1 amide bonds. The van der Waals surface area contributed by atoms with E-state index in [1.807, 2.05) is 24.3 Å². The largest absolute Gasteiger partial charge is 0.368 e. The molecule has 3 rings (SSSR count). The van der Waals surface area contributed by atoms with Gasteiger partial charge in [-0.25, -0.2) is 0 Å². The first-order valence-corrected chi connectivity index (χ1v) is 10.5. The number of benzene rings is 2. The third kappa shape index (κ3) is 4.86. The summed E-state index contributed by atoms with van der Waals surface area (Å²) in [5.41, 5.74) is 1.94. The molecule has 7 heteroatoms. The molecule has 2 atom stereocenters. The van der Waals surface area contributed by atoms with Crippen molar-refractivity contribution >= 4 is 45.6 Å². The van der Waals surface area contributed by atoms with E-state index in [4.69, 9.17) is 27.9 Å². The molecule has 0 radical (unpaired) electrons. The Bertz CT molecular complexity index is 828. The number of rotatable bonds is 7. The van der Waals surface area contributed by atoms with Crippen LogP contribution in [0.25, 0.3) is 0 Å². The van der Waals surface area contributed by atoms with Crippen LogP contribution in [-0.4, -0.2) is 28.6 Å². The Labute approximate surface area is 165 Å². The molecule has 138 valence electrons. The van der Waals surface area contributed by atoms with Crippen LogP contribution in [0.2, 0.25) is 10.0 Å². The molecule has 0 saturated carbocycles. The van der Waals surface area contributed by atoms with Gasteiger partial charge >= 0.3 is 0 Å². The Balaban J connectivity index is 1.41. The first-order valence-electron chi connectivity index (χ1n) is 8.38. The SMILES string of the molecule is O=C1Nc2ccccc2CC1OCCCCS(=O)c1ccc(Cl)c(Cl)c1. The van der Waals surface area contributed by atoms with Crippen molar-refractivity contribution in [3.63, 3.8) is 0 Å². The molecule has 1 aliphatic heterocycles. The normalized spacial score (nSPS) is 17.5. The topological polar surface area (TPSA) is 55.4 Å². The number of carbonyl (C=O) groups excluding carboxylic acids is 1. The minimum Gasteiger partial charge on any atom is -0.368 e. The van der Waals surface area contributed by atoms with Crippen molar-refractivity contribution in [1.29, 1.82) is 0 Å². The molecular weight excluding hydrogens is 393 g/mol. The number of nitrogens with one attached hydrogen (secondary N) is 1. The van der Waals surface area contributed by atoms with Crippen LogP contribution in [0.5, 0.6) is 0 Å². The molecule has 0 aliphatic carbocycles. The highest BCUT2D eigenvalue weighted by atomic mass is 35.5. The number of unbranched alkanes of at least 4 members (excludes halogenated alkanes) is 1. The Hall–Kier alpha value is -1.40. The van der Waals surface area contributed by atoms with Crippen molar-refractivity contribution < 1.29 is 13.7 Å². The zero-order valence-corrected chi connectivity index (χ0v) is 16.4. The Morgan fingerprint density at radius 1 is 1.12 bits per heavy atom. The number of hydrogen-bond acceptors (Lipinski definition) is 3. The molecule has 0 spiro atoms. The van der Waals surface area contributed by atoms with Crippen molar-refractivity contribution in [2.45, 2.75) is 30.3 Å².